The highest BCUT2D eigenvalue weighted by molar-refractivity contribution is 6.39. The molecule has 0 bridgehead atoms. The van der Waals surface area contributed by atoms with Gasteiger partial charge in [0.15, 0.2) is 11.5 Å². The Labute approximate surface area is 238 Å². The zero-order valence-corrected chi connectivity index (χ0v) is 23.6. The lowest BCUT2D eigenvalue weighted by Crippen LogP contribution is -2.54. The molecule has 0 saturated carbocycles. The van der Waals surface area contributed by atoms with Crippen LogP contribution in [-0.2, 0) is 9.59 Å². The number of halogens is 1. The lowest BCUT2D eigenvalue weighted by molar-refractivity contribution is -0.122. The molecule has 1 aliphatic rings. The third kappa shape index (κ3) is 6.46. The number of nitrogens with one attached hydrogen (secondary N) is 1. The number of nitrogens with zero attached hydrogens (tertiary/aromatic N) is 1. The topological polar surface area (TPSA) is 94.2 Å². The number of aryl methyl sites for hydroxylation is 1. The van der Waals surface area contributed by atoms with Gasteiger partial charge in [0.25, 0.3) is 11.8 Å². The fraction of sp³-hybridized carbons (Fsp3) is 0.258. The zero-order chi connectivity index (χ0) is 28.8. The van der Waals surface area contributed by atoms with E-state index in [1.54, 1.807) is 36.4 Å². The zero-order valence-electron chi connectivity index (χ0n) is 22.8. The summed E-state index contributed by atoms with van der Waals surface area (Å²) >= 11 is 6.50. The molecule has 1 N–H and O–H groups in total. The maximum Gasteiger partial charge on any atom is 0.335 e. The molecule has 8 nitrogen and oxygen atoms in total. The maximum atomic E-state index is 13.2. The van der Waals surface area contributed by atoms with Crippen LogP contribution in [0, 0.1) is 6.92 Å². The summed E-state index contributed by atoms with van der Waals surface area (Å²) < 4.78 is 17.1. The van der Waals surface area contributed by atoms with Crippen molar-refractivity contribution in [3.8, 4) is 17.2 Å². The number of methoxy groups -OCH3 is 1. The lowest BCUT2D eigenvalue weighted by atomic mass is 9.99. The number of urea groups is 1. The van der Waals surface area contributed by atoms with Crippen molar-refractivity contribution in [3.05, 3.63) is 87.9 Å². The summed E-state index contributed by atoms with van der Waals surface area (Å²) in [5.74, 6) is 0.297. The van der Waals surface area contributed by atoms with Gasteiger partial charge in [0.05, 0.1) is 17.8 Å². The van der Waals surface area contributed by atoms with E-state index in [1.165, 1.54) is 18.7 Å². The Hall–Kier alpha value is -4.30. The van der Waals surface area contributed by atoms with E-state index in [-0.39, 0.29) is 23.8 Å². The fourth-order valence-electron chi connectivity index (χ4n) is 4.15. The standard InChI is InChI=1S/C31H31ClN2O6/c1-5-20(3)22-8-12-24(13-9-22)39-14-15-40-28-26(32)17-21(18-27(28)38-4)16-25-29(35)33-31(37)34(30(25)36)23-10-6-19(2)7-11-23/h6-13,16-18,20H,5,14-15H2,1-4H3,(H,33,35,37)/b25-16+. The average molecular weight is 563 g/mol. The molecular weight excluding hydrogens is 532 g/mol. The molecule has 0 aromatic heterocycles. The Bertz CT molecular complexity index is 1430. The number of anilines is 1. The number of benzene rings is 3. The van der Waals surface area contributed by atoms with Gasteiger partial charge in [0, 0.05) is 0 Å². The van der Waals surface area contributed by atoms with Crippen molar-refractivity contribution in [2.24, 2.45) is 0 Å². The number of hydrogen-bond donors (Lipinski definition) is 1. The monoisotopic (exact) mass is 562 g/mol. The van der Waals surface area contributed by atoms with Gasteiger partial charge in [-0.25, -0.2) is 9.69 Å². The van der Waals surface area contributed by atoms with E-state index >= 15 is 0 Å². The van der Waals surface area contributed by atoms with Gasteiger partial charge in [-0.05, 0) is 72.9 Å². The van der Waals surface area contributed by atoms with Gasteiger partial charge < -0.3 is 14.2 Å². The quantitative estimate of drug-likeness (QED) is 0.177. The molecule has 9 heteroatoms. The summed E-state index contributed by atoms with van der Waals surface area (Å²) in [5, 5.41) is 2.43. The van der Waals surface area contributed by atoms with Crippen LogP contribution in [0.1, 0.15) is 42.9 Å². The molecule has 1 fully saturated rings. The minimum atomic E-state index is -0.816. The summed E-state index contributed by atoms with van der Waals surface area (Å²) in [4.78, 5) is 39.1. The van der Waals surface area contributed by atoms with E-state index in [2.05, 4.69) is 31.3 Å². The molecule has 1 unspecified atom stereocenters. The SMILES string of the molecule is CCC(C)c1ccc(OCCOc2c(Cl)cc(/C=C3\C(=O)NC(=O)N(c4ccc(C)cc4)C3=O)cc2OC)cc1. The van der Waals surface area contributed by atoms with Crippen LogP contribution >= 0.6 is 11.6 Å². The molecule has 208 valence electrons. The third-order valence-electron chi connectivity index (χ3n) is 6.62. The molecular formula is C31H31ClN2O6. The van der Waals surface area contributed by atoms with Crippen molar-refractivity contribution < 1.29 is 28.6 Å². The van der Waals surface area contributed by atoms with Gasteiger partial charge in [-0.1, -0.05) is 55.3 Å². The summed E-state index contributed by atoms with van der Waals surface area (Å²) in [6.07, 6.45) is 2.43. The fourth-order valence-corrected chi connectivity index (χ4v) is 4.42. The van der Waals surface area contributed by atoms with Crippen molar-refractivity contribution >= 4 is 41.2 Å². The first-order valence-electron chi connectivity index (χ1n) is 12.9. The van der Waals surface area contributed by atoms with Crippen LogP contribution < -0.4 is 24.4 Å². The third-order valence-corrected chi connectivity index (χ3v) is 6.90. The maximum absolute atomic E-state index is 13.2. The number of hydrogen-bond acceptors (Lipinski definition) is 6. The molecule has 1 saturated heterocycles. The number of barbiturate groups is 1. The number of ether oxygens (including phenoxy) is 3. The van der Waals surface area contributed by atoms with Crippen LogP contribution in [0.2, 0.25) is 5.02 Å². The second-order valence-corrected chi connectivity index (χ2v) is 9.81. The Morgan fingerprint density at radius 1 is 0.975 bits per heavy atom. The first-order chi connectivity index (χ1) is 19.2. The normalized spacial score (nSPS) is 15.2. The Morgan fingerprint density at radius 3 is 2.30 bits per heavy atom. The van der Waals surface area contributed by atoms with E-state index in [9.17, 15) is 14.4 Å². The predicted molar refractivity (Wildman–Crippen MR) is 154 cm³/mol. The second-order valence-electron chi connectivity index (χ2n) is 9.40. The molecule has 0 radical (unpaired) electrons. The predicted octanol–water partition coefficient (Wildman–Crippen LogP) is 6.29. The van der Waals surface area contributed by atoms with Gasteiger partial charge in [0.1, 0.15) is 24.5 Å². The number of carbonyl (C=O) groups is 3. The molecule has 40 heavy (non-hydrogen) atoms. The minimum absolute atomic E-state index is 0.206. The van der Waals surface area contributed by atoms with Crippen molar-refractivity contribution in [2.75, 3.05) is 25.2 Å². The highest BCUT2D eigenvalue weighted by Crippen LogP contribution is 2.37. The smallest absolute Gasteiger partial charge is 0.335 e. The van der Waals surface area contributed by atoms with Gasteiger partial charge in [-0.2, -0.15) is 0 Å². The Balaban J connectivity index is 1.47. The first-order valence-corrected chi connectivity index (χ1v) is 13.3. The summed E-state index contributed by atoms with van der Waals surface area (Å²) in [6, 6.07) is 17.1. The van der Waals surface area contributed by atoms with E-state index < -0.39 is 17.8 Å². The van der Waals surface area contributed by atoms with Crippen LogP contribution in [-0.4, -0.2) is 38.2 Å². The van der Waals surface area contributed by atoms with Gasteiger partial charge in [0.2, 0.25) is 0 Å². The number of amides is 4. The molecule has 4 rings (SSSR count). The minimum Gasteiger partial charge on any atom is -0.493 e. The molecule has 1 atom stereocenters. The van der Waals surface area contributed by atoms with Crippen LogP contribution in [0.4, 0.5) is 10.5 Å². The summed E-state index contributed by atoms with van der Waals surface area (Å²) in [7, 11) is 1.46. The van der Waals surface area contributed by atoms with Crippen molar-refractivity contribution in [1.29, 1.82) is 0 Å². The number of carbonyl (C=O) groups excluding carboxylic acids is 3. The van der Waals surface area contributed by atoms with Crippen LogP contribution in [0.25, 0.3) is 6.08 Å². The van der Waals surface area contributed by atoms with E-state index in [0.717, 1.165) is 22.6 Å². The van der Waals surface area contributed by atoms with Crippen molar-refractivity contribution in [3.63, 3.8) is 0 Å². The van der Waals surface area contributed by atoms with E-state index in [1.807, 2.05) is 19.1 Å². The van der Waals surface area contributed by atoms with Crippen LogP contribution in [0.3, 0.4) is 0 Å². The highest BCUT2D eigenvalue weighted by atomic mass is 35.5. The molecule has 4 amide bonds. The van der Waals surface area contributed by atoms with Crippen molar-refractivity contribution in [2.45, 2.75) is 33.1 Å². The Morgan fingerprint density at radius 2 is 1.65 bits per heavy atom. The molecule has 1 aliphatic heterocycles. The lowest BCUT2D eigenvalue weighted by Gasteiger charge is -2.26. The molecule has 0 aliphatic carbocycles. The van der Waals surface area contributed by atoms with Gasteiger partial charge in [-0.15, -0.1) is 0 Å². The van der Waals surface area contributed by atoms with Crippen LogP contribution in [0.15, 0.2) is 66.2 Å². The molecule has 1 heterocycles. The first kappa shape index (κ1) is 28.7. The molecule has 3 aromatic rings. The van der Waals surface area contributed by atoms with Crippen molar-refractivity contribution in [1.82, 2.24) is 5.32 Å². The highest BCUT2D eigenvalue weighted by Gasteiger charge is 2.36. The molecule has 3 aromatic carbocycles. The van der Waals surface area contributed by atoms with Gasteiger partial charge >= 0.3 is 6.03 Å². The summed E-state index contributed by atoms with van der Waals surface area (Å²) in [5.41, 5.74) is 2.77. The largest absolute Gasteiger partial charge is 0.493 e. The van der Waals surface area contributed by atoms with E-state index in [0.29, 0.717) is 28.7 Å². The van der Waals surface area contributed by atoms with Crippen LogP contribution in [0.5, 0.6) is 17.2 Å². The Kier molecular flexibility index (Phi) is 9.11. The number of imide groups is 2. The second kappa shape index (κ2) is 12.7. The number of rotatable bonds is 10. The average Bonchev–Trinajstić information content (AvgIpc) is 2.94. The van der Waals surface area contributed by atoms with E-state index in [4.69, 9.17) is 25.8 Å². The molecule has 0 spiro atoms. The van der Waals surface area contributed by atoms with Gasteiger partial charge in [-0.3, -0.25) is 14.9 Å². The summed E-state index contributed by atoms with van der Waals surface area (Å²) in [6.45, 7) is 6.72.